The van der Waals surface area contributed by atoms with Gasteiger partial charge in [-0.2, -0.15) is 0 Å². The highest BCUT2D eigenvalue weighted by Gasteiger charge is 2.33. The first-order chi connectivity index (χ1) is 12.4. The van der Waals surface area contributed by atoms with Gasteiger partial charge in [-0.05, 0) is 55.2 Å². The number of benzene rings is 2. The van der Waals surface area contributed by atoms with Gasteiger partial charge in [0.1, 0.15) is 0 Å². The number of hydrogen-bond acceptors (Lipinski definition) is 3. The van der Waals surface area contributed by atoms with E-state index in [1.165, 1.54) is 4.31 Å². The Morgan fingerprint density at radius 3 is 2.69 bits per heavy atom. The number of fused-ring (bicyclic) bond motifs is 1. The quantitative estimate of drug-likeness (QED) is 0.792. The molecule has 1 heterocycles. The van der Waals surface area contributed by atoms with Gasteiger partial charge >= 0.3 is 0 Å². The lowest BCUT2D eigenvalue weighted by atomic mass is 10.0. The Balaban J connectivity index is 1.93. The molecular formula is C20H24N2O3S. The van der Waals surface area contributed by atoms with Crippen molar-refractivity contribution in [1.82, 2.24) is 5.32 Å². The van der Waals surface area contributed by atoms with E-state index in [1.807, 2.05) is 13.0 Å². The molecule has 6 heteroatoms. The zero-order chi connectivity index (χ0) is 18.7. The molecule has 3 rings (SSSR count). The Morgan fingerprint density at radius 1 is 1.19 bits per heavy atom. The fraction of sp³-hybridized carbons (Fsp3) is 0.350. The molecule has 2 aromatic carbocycles. The molecule has 0 fully saturated rings. The van der Waals surface area contributed by atoms with Gasteiger partial charge in [0.2, 0.25) is 0 Å². The van der Waals surface area contributed by atoms with E-state index in [4.69, 9.17) is 0 Å². The van der Waals surface area contributed by atoms with Crippen molar-refractivity contribution in [2.45, 2.75) is 38.0 Å². The maximum atomic E-state index is 13.1. The Morgan fingerprint density at radius 2 is 1.96 bits per heavy atom. The van der Waals surface area contributed by atoms with Crippen LogP contribution in [-0.2, 0) is 16.4 Å². The van der Waals surface area contributed by atoms with Gasteiger partial charge < -0.3 is 5.32 Å². The smallest absolute Gasteiger partial charge is 0.264 e. The molecular weight excluding hydrogens is 348 g/mol. The topological polar surface area (TPSA) is 66.5 Å². The summed E-state index contributed by atoms with van der Waals surface area (Å²) in [5.41, 5.74) is 2.88. The monoisotopic (exact) mass is 372 g/mol. The van der Waals surface area contributed by atoms with E-state index in [2.05, 4.69) is 12.2 Å². The number of hydrogen-bond donors (Lipinski definition) is 1. The fourth-order valence-electron chi connectivity index (χ4n) is 3.24. The van der Waals surface area contributed by atoms with E-state index < -0.39 is 10.0 Å². The molecule has 5 nitrogen and oxygen atoms in total. The Kier molecular flexibility index (Phi) is 5.32. The van der Waals surface area contributed by atoms with E-state index in [9.17, 15) is 13.2 Å². The van der Waals surface area contributed by atoms with Gasteiger partial charge in [0.25, 0.3) is 15.9 Å². The van der Waals surface area contributed by atoms with Crippen LogP contribution >= 0.6 is 0 Å². The maximum absolute atomic E-state index is 13.1. The van der Waals surface area contributed by atoms with Gasteiger partial charge in [-0.3, -0.25) is 9.10 Å². The summed E-state index contributed by atoms with van der Waals surface area (Å²) in [7, 11) is -3.64. The number of carbonyl (C=O) groups is 1. The van der Waals surface area contributed by atoms with Crippen LogP contribution in [0.2, 0.25) is 0 Å². The van der Waals surface area contributed by atoms with Gasteiger partial charge in [-0.15, -0.1) is 0 Å². The van der Waals surface area contributed by atoms with Gasteiger partial charge in [-0.25, -0.2) is 8.42 Å². The second-order valence-electron chi connectivity index (χ2n) is 6.56. The summed E-state index contributed by atoms with van der Waals surface area (Å²) in [5.74, 6) is -0.134. The number of aryl methyl sites for hydroxylation is 1. The highest BCUT2D eigenvalue weighted by atomic mass is 32.2. The number of rotatable bonds is 6. The number of nitrogens with zero attached hydrogens (tertiary/aromatic N) is 1. The minimum Gasteiger partial charge on any atom is -0.352 e. The summed E-state index contributed by atoms with van der Waals surface area (Å²) in [4.78, 5) is 12.8. The van der Waals surface area contributed by atoms with Crippen LogP contribution in [0.3, 0.4) is 0 Å². The number of amides is 1. The predicted molar refractivity (Wildman–Crippen MR) is 103 cm³/mol. The summed E-state index contributed by atoms with van der Waals surface area (Å²) < 4.78 is 27.6. The minimum absolute atomic E-state index is 0.134. The molecule has 26 heavy (non-hydrogen) atoms. The van der Waals surface area contributed by atoms with E-state index in [0.29, 0.717) is 30.8 Å². The van der Waals surface area contributed by atoms with Gasteiger partial charge in [0, 0.05) is 18.7 Å². The molecule has 0 atom stereocenters. The van der Waals surface area contributed by atoms with Gasteiger partial charge in [0.15, 0.2) is 0 Å². The van der Waals surface area contributed by atoms with Crippen LogP contribution < -0.4 is 9.62 Å². The van der Waals surface area contributed by atoms with E-state index in [-0.39, 0.29) is 10.8 Å². The zero-order valence-electron chi connectivity index (χ0n) is 15.2. The van der Waals surface area contributed by atoms with Crippen molar-refractivity contribution in [3.63, 3.8) is 0 Å². The summed E-state index contributed by atoms with van der Waals surface area (Å²) >= 11 is 0. The highest BCUT2D eigenvalue weighted by Crippen LogP contribution is 2.35. The van der Waals surface area contributed by atoms with Crippen molar-refractivity contribution >= 4 is 21.6 Å². The first-order valence-electron chi connectivity index (χ1n) is 8.94. The lowest BCUT2D eigenvalue weighted by Gasteiger charge is -2.20. The third kappa shape index (κ3) is 3.46. The molecule has 0 spiro atoms. The number of unbranched alkanes of at least 4 members (excludes halogenated alkanes) is 1. The average Bonchev–Trinajstić information content (AvgIpc) is 3.06. The third-order valence-corrected chi connectivity index (χ3v) is 6.43. The first-order valence-corrected chi connectivity index (χ1v) is 10.4. The lowest BCUT2D eigenvalue weighted by Crippen LogP contribution is -2.29. The molecule has 1 aliphatic rings. The largest absolute Gasteiger partial charge is 0.352 e. The van der Waals surface area contributed by atoms with Crippen LogP contribution in [0.15, 0.2) is 47.4 Å². The number of sulfonamides is 1. The van der Waals surface area contributed by atoms with Crippen LogP contribution in [0.5, 0.6) is 0 Å². The molecule has 0 aromatic heterocycles. The zero-order valence-corrected chi connectivity index (χ0v) is 16.0. The molecule has 0 saturated carbocycles. The molecule has 0 radical (unpaired) electrons. The summed E-state index contributed by atoms with van der Waals surface area (Å²) in [5, 5.41) is 2.92. The van der Waals surface area contributed by atoms with Crippen LogP contribution in [-0.4, -0.2) is 27.4 Å². The summed E-state index contributed by atoms with van der Waals surface area (Å²) in [6, 6.07) is 12.2. The molecule has 1 amide bonds. The number of nitrogens with one attached hydrogen (secondary N) is 1. The third-order valence-electron chi connectivity index (χ3n) is 4.62. The minimum atomic E-state index is -3.64. The van der Waals surface area contributed by atoms with Gasteiger partial charge in [-0.1, -0.05) is 31.5 Å². The Bertz CT molecular complexity index is 922. The van der Waals surface area contributed by atoms with Crippen LogP contribution in [0.25, 0.3) is 0 Å². The van der Waals surface area contributed by atoms with Crippen molar-refractivity contribution in [2.24, 2.45) is 0 Å². The molecule has 2 aromatic rings. The van der Waals surface area contributed by atoms with Crippen LogP contribution in [0.4, 0.5) is 5.69 Å². The number of carbonyl (C=O) groups excluding carboxylic acids is 1. The molecule has 1 aliphatic heterocycles. The first kappa shape index (κ1) is 18.5. The molecule has 0 bridgehead atoms. The second kappa shape index (κ2) is 7.50. The van der Waals surface area contributed by atoms with Crippen molar-refractivity contribution in [2.75, 3.05) is 17.4 Å². The molecule has 138 valence electrons. The van der Waals surface area contributed by atoms with Crippen LogP contribution in [0, 0.1) is 6.92 Å². The van der Waals surface area contributed by atoms with Crippen molar-refractivity contribution < 1.29 is 13.2 Å². The fourth-order valence-corrected chi connectivity index (χ4v) is 4.85. The van der Waals surface area contributed by atoms with Crippen molar-refractivity contribution in [1.29, 1.82) is 0 Å². The predicted octanol–water partition coefficient (Wildman–Crippen LogP) is 3.28. The SMILES string of the molecule is CCCCNC(=O)c1cccc2c1CCN2S(=O)(=O)c1cccc(C)c1. The van der Waals surface area contributed by atoms with Crippen molar-refractivity contribution in [3.8, 4) is 0 Å². The normalized spacial score (nSPS) is 13.5. The van der Waals surface area contributed by atoms with Gasteiger partial charge in [0.05, 0.1) is 10.6 Å². The molecule has 0 aliphatic carbocycles. The van der Waals surface area contributed by atoms with Crippen LogP contribution in [0.1, 0.15) is 41.3 Å². The Hall–Kier alpha value is -2.34. The molecule has 0 unspecified atom stereocenters. The van der Waals surface area contributed by atoms with E-state index in [0.717, 1.165) is 24.0 Å². The summed E-state index contributed by atoms with van der Waals surface area (Å²) in [6.07, 6.45) is 2.47. The second-order valence-corrected chi connectivity index (χ2v) is 8.42. The summed E-state index contributed by atoms with van der Waals surface area (Å²) in [6.45, 7) is 4.92. The van der Waals surface area contributed by atoms with E-state index in [1.54, 1.807) is 36.4 Å². The molecule has 1 N–H and O–H groups in total. The van der Waals surface area contributed by atoms with Crippen molar-refractivity contribution in [3.05, 3.63) is 59.2 Å². The average molecular weight is 372 g/mol. The standard InChI is InChI=1S/C20H24N2O3S/c1-3-4-12-21-20(23)18-9-6-10-19-17(18)11-13-22(19)26(24,25)16-8-5-7-15(2)14-16/h5-10,14H,3-4,11-13H2,1-2H3,(H,21,23). The maximum Gasteiger partial charge on any atom is 0.264 e. The Labute approximate surface area is 155 Å². The highest BCUT2D eigenvalue weighted by molar-refractivity contribution is 7.92. The lowest BCUT2D eigenvalue weighted by molar-refractivity contribution is 0.0952. The number of anilines is 1. The molecule has 0 saturated heterocycles. The van der Waals surface area contributed by atoms with E-state index >= 15 is 0 Å².